The largest absolute Gasteiger partial charge is 0.456 e. The maximum atomic E-state index is 15.0. The molecule has 0 spiro atoms. The number of alkyl halides is 10. The Morgan fingerprint density at radius 3 is 1.66 bits per heavy atom. The molecular formula is C20H28F10O2. The summed E-state index contributed by atoms with van der Waals surface area (Å²) in [4.78, 5) is 0. The molecule has 0 amide bonds. The molecule has 5 unspecified atom stereocenters. The summed E-state index contributed by atoms with van der Waals surface area (Å²) in [6.45, 7) is 5.23. The van der Waals surface area contributed by atoms with E-state index in [-0.39, 0.29) is 25.4 Å². The van der Waals surface area contributed by atoms with Crippen molar-refractivity contribution >= 4 is 0 Å². The van der Waals surface area contributed by atoms with E-state index in [1.807, 2.05) is 0 Å². The molecule has 2 aliphatic carbocycles. The van der Waals surface area contributed by atoms with Crippen LogP contribution in [0.3, 0.4) is 0 Å². The van der Waals surface area contributed by atoms with Gasteiger partial charge in [-0.1, -0.05) is 20.8 Å². The lowest BCUT2D eigenvalue weighted by atomic mass is 9.64. The zero-order valence-electron chi connectivity index (χ0n) is 18.1. The summed E-state index contributed by atoms with van der Waals surface area (Å²) in [5, 5.41) is 0. The molecule has 2 nitrogen and oxygen atoms in total. The maximum Gasteiger partial charge on any atom is 0.456 e. The molecule has 32 heavy (non-hydrogen) atoms. The van der Waals surface area contributed by atoms with Crippen LogP contribution in [0.1, 0.15) is 53.4 Å². The smallest absolute Gasteiger partial charge is 0.353 e. The van der Waals surface area contributed by atoms with E-state index in [2.05, 4.69) is 4.74 Å². The number of hydrogen-bond donors (Lipinski definition) is 0. The second kappa shape index (κ2) is 8.78. The van der Waals surface area contributed by atoms with Crippen LogP contribution in [0.2, 0.25) is 0 Å². The molecule has 2 bridgehead atoms. The predicted octanol–water partition coefficient (Wildman–Crippen LogP) is 7.23. The number of halogens is 10. The Bertz CT molecular complexity index is 617. The molecule has 0 aliphatic heterocycles. The molecule has 2 fully saturated rings. The average Bonchev–Trinajstić information content (AvgIpc) is 3.23. The first kappa shape index (κ1) is 27.5. The monoisotopic (exact) mass is 490 g/mol. The predicted molar refractivity (Wildman–Crippen MR) is 94.2 cm³/mol. The van der Waals surface area contributed by atoms with Crippen molar-refractivity contribution in [2.45, 2.75) is 89.5 Å². The van der Waals surface area contributed by atoms with Gasteiger partial charge in [0.2, 0.25) is 5.60 Å². The molecule has 0 aromatic heterocycles. The molecule has 2 aliphatic rings. The summed E-state index contributed by atoms with van der Waals surface area (Å²) >= 11 is 0. The second-order valence-corrected chi connectivity index (χ2v) is 9.19. The van der Waals surface area contributed by atoms with Crippen molar-refractivity contribution in [2.75, 3.05) is 6.61 Å². The van der Waals surface area contributed by atoms with Crippen LogP contribution in [0.5, 0.6) is 0 Å². The van der Waals surface area contributed by atoms with Crippen molar-refractivity contribution in [2.24, 2.45) is 29.6 Å². The van der Waals surface area contributed by atoms with Crippen LogP contribution in [-0.2, 0) is 9.47 Å². The molecule has 0 heterocycles. The lowest BCUT2D eigenvalue weighted by Gasteiger charge is -2.52. The summed E-state index contributed by atoms with van der Waals surface area (Å²) in [7, 11) is 0. The summed E-state index contributed by atoms with van der Waals surface area (Å²) in [6.07, 6.45) is -15.7. The lowest BCUT2D eigenvalue weighted by molar-refractivity contribution is -0.461. The zero-order valence-corrected chi connectivity index (χ0v) is 18.1. The van der Waals surface area contributed by atoms with E-state index in [1.54, 1.807) is 13.8 Å². The highest BCUT2D eigenvalue weighted by Gasteiger charge is 2.89. The summed E-state index contributed by atoms with van der Waals surface area (Å²) in [6, 6.07) is 0. The molecule has 12 heteroatoms. The highest BCUT2D eigenvalue weighted by molar-refractivity contribution is 5.18. The third-order valence-electron chi connectivity index (χ3n) is 6.80. The van der Waals surface area contributed by atoms with Gasteiger partial charge in [0.15, 0.2) is 6.29 Å². The Morgan fingerprint density at radius 1 is 0.781 bits per heavy atom. The van der Waals surface area contributed by atoms with E-state index in [0.29, 0.717) is 6.42 Å². The van der Waals surface area contributed by atoms with Crippen molar-refractivity contribution in [1.29, 1.82) is 0 Å². The van der Waals surface area contributed by atoms with Crippen LogP contribution in [0.4, 0.5) is 43.9 Å². The van der Waals surface area contributed by atoms with Gasteiger partial charge >= 0.3 is 24.2 Å². The molecule has 2 saturated carbocycles. The van der Waals surface area contributed by atoms with E-state index in [9.17, 15) is 43.9 Å². The third-order valence-corrected chi connectivity index (χ3v) is 6.80. The Balaban J connectivity index is 2.77. The maximum absolute atomic E-state index is 15.0. The minimum Gasteiger partial charge on any atom is -0.353 e. The normalized spacial score (nSPS) is 28.6. The van der Waals surface area contributed by atoms with Crippen LogP contribution in [-0.4, -0.2) is 42.7 Å². The first-order chi connectivity index (χ1) is 14.3. The first-order valence-corrected chi connectivity index (χ1v) is 10.5. The number of fused-ring (bicyclic) bond motifs is 2. The van der Waals surface area contributed by atoms with Gasteiger partial charge in [0.25, 0.3) is 0 Å². The Hall–Kier alpha value is -0.780. The third kappa shape index (κ3) is 4.22. The van der Waals surface area contributed by atoms with Gasteiger partial charge in [0, 0.05) is 12.5 Å². The van der Waals surface area contributed by atoms with Gasteiger partial charge in [-0.15, -0.1) is 0 Å². The van der Waals surface area contributed by atoms with Gasteiger partial charge in [-0.3, -0.25) is 0 Å². The van der Waals surface area contributed by atoms with Gasteiger partial charge in [0.05, 0.1) is 0 Å². The number of hydrogen-bond acceptors (Lipinski definition) is 2. The van der Waals surface area contributed by atoms with Gasteiger partial charge < -0.3 is 9.47 Å². The molecule has 0 N–H and O–H groups in total. The van der Waals surface area contributed by atoms with Crippen LogP contribution in [0.25, 0.3) is 0 Å². The standard InChI is InChI=1S/C20H28F10O2/c1-5-6-31-11(4)32-16(17(21,22)19(25,26)27,18(23,24)20(28,29)30)15-9-12-7-13(10(2)3)14(15)8-12/h10-15H,5-9H2,1-4H3. The van der Waals surface area contributed by atoms with E-state index < -0.39 is 66.2 Å². The van der Waals surface area contributed by atoms with Gasteiger partial charge in [-0.2, -0.15) is 43.9 Å². The highest BCUT2D eigenvalue weighted by Crippen LogP contribution is 2.67. The molecule has 2 rings (SSSR count). The van der Waals surface area contributed by atoms with E-state index in [0.717, 1.165) is 6.92 Å². The summed E-state index contributed by atoms with van der Waals surface area (Å²) < 4.78 is 150. The fourth-order valence-corrected chi connectivity index (χ4v) is 5.54. The SMILES string of the molecule is CCCOC(C)OC(C1CC2CC(C(C)C)C1C2)(C(F)(F)C(F)(F)F)C(F)(F)C(F)(F)F. The summed E-state index contributed by atoms with van der Waals surface area (Å²) in [5.74, 6) is -18.0. The van der Waals surface area contributed by atoms with Crippen molar-refractivity contribution in [1.82, 2.24) is 0 Å². The van der Waals surface area contributed by atoms with E-state index in [4.69, 9.17) is 4.74 Å². The molecule has 5 atom stereocenters. The van der Waals surface area contributed by atoms with Crippen LogP contribution in [0.15, 0.2) is 0 Å². The minimum atomic E-state index is -6.72. The number of ether oxygens (including phenoxy) is 2. The van der Waals surface area contributed by atoms with Gasteiger partial charge in [-0.05, 0) is 56.3 Å². The van der Waals surface area contributed by atoms with Crippen molar-refractivity contribution in [3.8, 4) is 0 Å². The number of rotatable bonds is 9. The van der Waals surface area contributed by atoms with Gasteiger partial charge in [0.1, 0.15) is 0 Å². The van der Waals surface area contributed by atoms with Crippen molar-refractivity contribution in [3.63, 3.8) is 0 Å². The molecular weight excluding hydrogens is 462 g/mol. The molecule has 0 aromatic carbocycles. The Kier molecular flexibility index (Phi) is 7.53. The fraction of sp³-hybridized carbons (Fsp3) is 1.00. The minimum absolute atomic E-state index is 0.00923. The van der Waals surface area contributed by atoms with Crippen molar-refractivity contribution in [3.05, 3.63) is 0 Å². The van der Waals surface area contributed by atoms with Crippen LogP contribution >= 0.6 is 0 Å². The highest BCUT2D eigenvalue weighted by atomic mass is 19.4. The summed E-state index contributed by atoms with van der Waals surface area (Å²) in [5.41, 5.74) is -5.21. The van der Waals surface area contributed by atoms with E-state index >= 15 is 0 Å². The fourth-order valence-electron chi connectivity index (χ4n) is 5.54. The average molecular weight is 490 g/mol. The molecule has 0 radical (unpaired) electrons. The second-order valence-electron chi connectivity index (χ2n) is 9.19. The Morgan fingerprint density at radius 2 is 1.28 bits per heavy atom. The van der Waals surface area contributed by atoms with Crippen LogP contribution in [0, 0.1) is 29.6 Å². The topological polar surface area (TPSA) is 18.5 Å². The van der Waals surface area contributed by atoms with Crippen LogP contribution < -0.4 is 0 Å². The lowest BCUT2D eigenvalue weighted by Crippen LogP contribution is -2.76. The molecule has 0 saturated heterocycles. The van der Waals surface area contributed by atoms with Crippen molar-refractivity contribution < 1.29 is 53.4 Å². The molecule has 190 valence electrons. The Labute approximate surface area is 180 Å². The molecule has 0 aromatic rings. The quantitative estimate of drug-likeness (QED) is 0.251. The zero-order chi connectivity index (χ0) is 24.9. The van der Waals surface area contributed by atoms with E-state index in [1.165, 1.54) is 6.92 Å². The first-order valence-electron chi connectivity index (χ1n) is 10.5. The van der Waals surface area contributed by atoms with Gasteiger partial charge in [-0.25, -0.2) is 0 Å².